The summed E-state index contributed by atoms with van der Waals surface area (Å²) in [4.78, 5) is 17.1. The molecule has 144 valence electrons. The fraction of sp³-hybridized carbons (Fsp3) is 0.409. The van der Waals surface area contributed by atoms with Gasteiger partial charge in [0.1, 0.15) is 11.6 Å². The summed E-state index contributed by atoms with van der Waals surface area (Å²) in [7, 11) is 0. The zero-order valence-corrected chi connectivity index (χ0v) is 16.2. The molecule has 1 atom stereocenters. The van der Waals surface area contributed by atoms with Crippen molar-refractivity contribution in [3.63, 3.8) is 0 Å². The number of hydrogen-bond acceptors (Lipinski definition) is 3. The number of nitrogens with zero attached hydrogens (tertiary/aromatic N) is 2. The van der Waals surface area contributed by atoms with Crippen molar-refractivity contribution in [2.45, 2.75) is 33.3 Å². The van der Waals surface area contributed by atoms with Crippen LogP contribution in [0, 0.1) is 19.7 Å². The third-order valence-electron chi connectivity index (χ3n) is 5.25. The minimum atomic E-state index is -0.539. The van der Waals surface area contributed by atoms with Gasteiger partial charge in [0.2, 0.25) is 0 Å². The smallest absolute Gasteiger partial charge is 0.263 e. The highest BCUT2D eigenvalue weighted by Gasteiger charge is 2.28. The minimum absolute atomic E-state index is 0.00226. The number of halogens is 1. The van der Waals surface area contributed by atoms with Crippen LogP contribution in [0.3, 0.4) is 0 Å². The lowest BCUT2D eigenvalue weighted by molar-refractivity contribution is -0.139. The molecule has 0 saturated carbocycles. The van der Waals surface area contributed by atoms with Crippen molar-refractivity contribution < 1.29 is 13.9 Å². The fourth-order valence-corrected chi connectivity index (χ4v) is 3.44. The van der Waals surface area contributed by atoms with Crippen LogP contribution in [-0.4, -0.2) is 43.1 Å². The molecule has 0 radical (unpaired) electrons. The number of piperazine rings is 1. The molecule has 4 nitrogen and oxygen atoms in total. The summed E-state index contributed by atoms with van der Waals surface area (Å²) in [5.41, 5.74) is 3.82. The fourth-order valence-electron chi connectivity index (χ4n) is 3.44. The highest BCUT2D eigenvalue weighted by Crippen LogP contribution is 2.24. The molecule has 1 amide bonds. The Balaban J connectivity index is 1.61. The largest absolute Gasteiger partial charge is 0.481 e. The van der Waals surface area contributed by atoms with Gasteiger partial charge in [-0.3, -0.25) is 4.79 Å². The first-order valence-corrected chi connectivity index (χ1v) is 9.51. The molecule has 0 aromatic heterocycles. The Kier molecular flexibility index (Phi) is 5.99. The van der Waals surface area contributed by atoms with E-state index in [1.165, 1.54) is 28.9 Å². The molecule has 0 aliphatic carbocycles. The van der Waals surface area contributed by atoms with E-state index in [1.54, 1.807) is 12.1 Å². The van der Waals surface area contributed by atoms with E-state index in [0.717, 1.165) is 13.1 Å². The molecule has 1 fully saturated rings. The van der Waals surface area contributed by atoms with Gasteiger partial charge in [-0.1, -0.05) is 19.1 Å². The lowest BCUT2D eigenvalue weighted by Gasteiger charge is -2.38. The standard InChI is InChI=1S/C22H27FN2O2/c1-4-21(27-19-10-8-18(23)9-11-19)22(26)25-14-12-24(13-15-25)20-7-5-6-16(2)17(20)3/h5-11,21H,4,12-15H2,1-3H3/t21-/m0/s1. The predicted octanol–water partition coefficient (Wildman–Crippen LogP) is 3.95. The number of amides is 1. The lowest BCUT2D eigenvalue weighted by atomic mass is 10.1. The Bertz CT molecular complexity index is 783. The lowest BCUT2D eigenvalue weighted by Crippen LogP contribution is -2.52. The summed E-state index contributed by atoms with van der Waals surface area (Å²) in [5.74, 6) is 0.206. The third-order valence-corrected chi connectivity index (χ3v) is 5.25. The Labute approximate surface area is 160 Å². The minimum Gasteiger partial charge on any atom is -0.481 e. The van der Waals surface area contributed by atoms with Crippen molar-refractivity contribution in [1.29, 1.82) is 0 Å². The monoisotopic (exact) mass is 370 g/mol. The second-order valence-electron chi connectivity index (χ2n) is 7.00. The molecule has 0 bridgehead atoms. The molecule has 0 unspecified atom stereocenters. The third kappa shape index (κ3) is 4.41. The maximum absolute atomic E-state index is 13.0. The number of anilines is 1. The molecular formula is C22H27FN2O2. The van der Waals surface area contributed by atoms with Gasteiger partial charge in [-0.15, -0.1) is 0 Å². The van der Waals surface area contributed by atoms with Crippen molar-refractivity contribution in [3.8, 4) is 5.75 Å². The number of hydrogen-bond donors (Lipinski definition) is 0. The molecule has 3 rings (SSSR count). The van der Waals surface area contributed by atoms with Gasteiger partial charge in [0.25, 0.3) is 5.91 Å². The Morgan fingerprint density at radius 2 is 1.74 bits per heavy atom. The van der Waals surface area contributed by atoms with Crippen molar-refractivity contribution in [3.05, 3.63) is 59.4 Å². The van der Waals surface area contributed by atoms with Crippen molar-refractivity contribution >= 4 is 11.6 Å². The van der Waals surface area contributed by atoms with Crippen LogP contribution in [0.1, 0.15) is 24.5 Å². The second kappa shape index (κ2) is 8.42. The van der Waals surface area contributed by atoms with E-state index >= 15 is 0 Å². The first-order chi connectivity index (χ1) is 13.0. The van der Waals surface area contributed by atoms with Gasteiger partial charge in [-0.2, -0.15) is 0 Å². The molecule has 1 aliphatic heterocycles. The molecule has 2 aromatic carbocycles. The number of carbonyl (C=O) groups excluding carboxylic acids is 1. The zero-order chi connectivity index (χ0) is 19.4. The summed E-state index contributed by atoms with van der Waals surface area (Å²) in [6.07, 6.45) is 0.0376. The summed E-state index contributed by atoms with van der Waals surface area (Å²) in [6, 6.07) is 12.2. The van der Waals surface area contributed by atoms with E-state index in [4.69, 9.17) is 4.74 Å². The molecule has 1 saturated heterocycles. The van der Waals surface area contributed by atoms with Gasteiger partial charge in [0.05, 0.1) is 0 Å². The van der Waals surface area contributed by atoms with Gasteiger partial charge in [0, 0.05) is 31.9 Å². The Morgan fingerprint density at radius 3 is 2.37 bits per heavy atom. The quantitative estimate of drug-likeness (QED) is 0.799. The highest BCUT2D eigenvalue weighted by atomic mass is 19.1. The SMILES string of the molecule is CC[C@H](Oc1ccc(F)cc1)C(=O)N1CCN(c2cccc(C)c2C)CC1. The number of rotatable bonds is 5. The number of ether oxygens (including phenoxy) is 1. The van der Waals surface area contributed by atoms with Gasteiger partial charge < -0.3 is 14.5 Å². The van der Waals surface area contributed by atoms with Crippen LogP contribution in [-0.2, 0) is 4.79 Å². The molecular weight excluding hydrogens is 343 g/mol. The molecule has 5 heteroatoms. The average Bonchev–Trinajstić information content (AvgIpc) is 2.69. The van der Waals surface area contributed by atoms with Crippen LogP contribution in [0.2, 0.25) is 0 Å². The highest BCUT2D eigenvalue weighted by molar-refractivity contribution is 5.81. The Morgan fingerprint density at radius 1 is 1.07 bits per heavy atom. The molecule has 0 spiro atoms. The maximum Gasteiger partial charge on any atom is 0.263 e. The van der Waals surface area contributed by atoms with Crippen LogP contribution < -0.4 is 9.64 Å². The molecule has 1 heterocycles. The number of aryl methyl sites for hydroxylation is 1. The number of benzene rings is 2. The first kappa shape index (κ1) is 19.2. The van der Waals surface area contributed by atoms with Crippen molar-refractivity contribution in [2.75, 3.05) is 31.1 Å². The second-order valence-corrected chi connectivity index (χ2v) is 7.00. The summed E-state index contributed by atoms with van der Waals surface area (Å²) in [5, 5.41) is 0. The van der Waals surface area contributed by atoms with E-state index in [2.05, 4.69) is 36.9 Å². The molecule has 0 N–H and O–H groups in total. The van der Waals surface area contributed by atoms with Crippen LogP contribution in [0.5, 0.6) is 5.75 Å². The van der Waals surface area contributed by atoms with Gasteiger partial charge >= 0.3 is 0 Å². The Hall–Kier alpha value is -2.56. The van der Waals surface area contributed by atoms with Crippen LogP contribution in [0.4, 0.5) is 10.1 Å². The summed E-state index contributed by atoms with van der Waals surface area (Å²) < 4.78 is 18.9. The first-order valence-electron chi connectivity index (χ1n) is 9.51. The molecule has 2 aromatic rings. The number of carbonyl (C=O) groups is 1. The molecule has 1 aliphatic rings. The van der Waals surface area contributed by atoms with E-state index < -0.39 is 6.10 Å². The zero-order valence-electron chi connectivity index (χ0n) is 16.2. The summed E-state index contributed by atoms with van der Waals surface area (Å²) in [6.45, 7) is 9.17. The van der Waals surface area contributed by atoms with E-state index in [1.807, 2.05) is 11.8 Å². The topological polar surface area (TPSA) is 32.8 Å². The predicted molar refractivity (Wildman–Crippen MR) is 106 cm³/mol. The normalized spacial score (nSPS) is 15.6. The maximum atomic E-state index is 13.0. The van der Waals surface area contributed by atoms with Crippen molar-refractivity contribution in [2.24, 2.45) is 0 Å². The van der Waals surface area contributed by atoms with Crippen molar-refractivity contribution in [1.82, 2.24) is 4.90 Å². The van der Waals surface area contributed by atoms with E-state index in [0.29, 0.717) is 25.3 Å². The van der Waals surface area contributed by atoms with Crippen LogP contribution >= 0.6 is 0 Å². The van der Waals surface area contributed by atoms with Gasteiger partial charge in [0.15, 0.2) is 6.10 Å². The summed E-state index contributed by atoms with van der Waals surface area (Å²) >= 11 is 0. The molecule has 27 heavy (non-hydrogen) atoms. The van der Waals surface area contributed by atoms with E-state index in [-0.39, 0.29) is 11.7 Å². The average molecular weight is 370 g/mol. The van der Waals surface area contributed by atoms with Crippen LogP contribution in [0.15, 0.2) is 42.5 Å². The van der Waals surface area contributed by atoms with Gasteiger partial charge in [-0.25, -0.2) is 4.39 Å². The van der Waals surface area contributed by atoms with Gasteiger partial charge in [-0.05, 0) is 61.7 Å². The van der Waals surface area contributed by atoms with E-state index in [9.17, 15) is 9.18 Å². The van der Waals surface area contributed by atoms with Crippen LogP contribution in [0.25, 0.3) is 0 Å².